The molecule has 98 valence electrons. The molecule has 6 heteroatoms. The summed E-state index contributed by atoms with van der Waals surface area (Å²) in [5.41, 5.74) is 6.23. The Balaban J connectivity index is 2.30. The minimum absolute atomic E-state index is 0.0955. The smallest absolute Gasteiger partial charge is 0.170 e. The number of halogens is 2. The molecular formula is C13H10Br2N2OS. The van der Waals surface area contributed by atoms with Gasteiger partial charge in [0.05, 0.1) is 0 Å². The predicted molar refractivity (Wildman–Crippen MR) is 84.9 cm³/mol. The first-order valence-electron chi connectivity index (χ1n) is 5.31. The molecule has 0 unspecified atom stereocenters. The highest BCUT2D eigenvalue weighted by Crippen LogP contribution is 2.37. The summed E-state index contributed by atoms with van der Waals surface area (Å²) in [6, 6.07) is 13.6. The zero-order valence-corrected chi connectivity index (χ0v) is 13.7. The monoisotopic (exact) mass is 400 g/mol. The van der Waals surface area contributed by atoms with Crippen LogP contribution in [-0.2, 0) is 0 Å². The Morgan fingerprint density at radius 3 is 2.37 bits per heavy atom. The topological polar surface area (TPSA) is 58.6 Å². The number of nitrogens with two attached hydrogens (primary N) is 1. The van der Waals surface area contributed by atoms with Crippen molar-refractivity contribution in [1.29, 1.82) is 0 Å². The lowest BCUT2D eigenvalue weighted by Crippen LogP contribution is -2.12. The van der Waals surface area contributed by atoms with Crippen molar-refractivity contribution in [2.45, 2.75) is 9.79 Å². The summed E-state index contributed by atoms with van der Waals surface area (Å²) in [7, 11) is 0. The van der Waals surface area contributed by atoms with Crippen LogP contribution >= 0.6 is 43.6 Å². The summed E-state index contributed by atoms with van der Waals surface area (Å²) in [6.45, 7) is 0. The molecule has 0 atom stereocenters. The van der Waals surface area contributed by atoms with Crippen molar-refractivity contribution in [3.05, 3.63) is 57.0 Å². The molecule has 2 aromatic rings. The van der Waals surface area contributed by atoms with Gasteiger partial charge in [0, 0.05) is 24.3 Å². The van der Waals surface area contributed by atoms with Gasteiger partial charge in [-0.15, -0.1) is 0 Å². The minimum Gasteiger partial charge on any atom is -0.409 e. The van der Waals surface area contributed by atoms with Crippen LogP contribution in [0.25, 0.3) is 0 Å². The molecule has 19 heavy (non-hydrogen) atoms. The normalized spacial score (nSPS) is 11.6. The Morgan fingerprint density at radius 2 is 1.74 bits per heavy atom. The van der Waals surface area contributed by atoms with Gasteiger partial charge >= 0.3 is 0 Å². The van der Waals surface area contributed by atoms with Crippen molar-refractivity contribution >= 4 is 49.5 Å². The lowest BCUT2D eigenvalue weighted by Gasteiger charge is -2.08. The highest BCUT2D eigenvalue weighted by atomic mass is 79.9. The van der Waals surface area contributed by atoms with E-state index in [0.29, 0.717) is 5.56 Å². The molecule has 0 amide bonds. The molecule has 0 saturated carbocycles. The molecule has 0 radical (unpaired) electrons. The number of amidine groups is 1. The van der Waals surface area contributed by atoms with E-state index in [4.69, 9.17) is 10.9 Å². The van der Waals surface area contributed by atoms with E-state index >= 15 is 0 Å². The summed E-state index contributed by atoms with van der Waals surface area (Å²) in [5, 5.41) is 11.6. The van der Waals surface area contributed by atoms with Crippen molar-refractivity contribution in [1.82, 2.24) is 0 Å². The number of oxime groups is 1. The van der Waals surface area contributed by atoms with Crippen molar-refractivity contribution in [3.63, 3.8) is 0 Å². The van der Waals surface area contributed by atoms with Crippen LogP contribution in [0.2, 0.25) is 0 Å². The van der Waals surface area contributed by atoms with E-state index in [9.17, 15) is 0 Å². The first-order valence-corrected chi connectivity index (χ1v) is 7.72. The maximum Gasteiger partial charge on any atom is 0.170 e. The summed E-state index contributed by atoms with van der Waals surface area (Å²) in [4.78, 5) is 2.18. The third kappa shape index (κ3) is 3.52. The van der Waals surface area contributed by atoms with Gasteiger partial charge in [0.2, 0.25) is 0 Å². The molecule has 0 aliphatic heterocycles. The van der Waals surface area contributed by atoms with Crippen LogP contribution in [-0.4, -0.2) is 11.0 Å². The maximum absolute atomic E-state index is 8.66. The van der Waals surface area contributed by atoms with Gasteiger partial charge in [0.15, 0.2) is 5.84 Å². The summed E-state index contributed by atoms with van der Waals surface area (Å²) < 4.78 is 1.95. The van der Waals surface area contributed by atoms with Gasteiger partial charge in [0.1, 0.15) is 0 Å². The van der Waals surface area contributed by atoms with E-state index in [0.717, 1.165) is 18.7 Å². The number of benzene rings is 2. The van der Waals surface area contributed by atoms with Gasteiger partial charge in [0.25, 0.3) is 0 Å². The van der Waals surface area contributed by atoms with E-state index in [1.807, 2.05) is 42.5 Å². The van der Waals surface area contributed by atoms with Crippen LogP contribution in [0.5, 0.6) is 0 Å². The second-order valence-electron chi connectivity index (χ2n) is 3.66. The molecule has 0 fully saturated rings. The molecule has 0 spiro atoms. The third-order valence-corrected chi connectivity index (χ3v) is 5.42. The molecule has 3 nitrogen and oxygen atoms in total. The molecular weight excluding hydrogens is 392 g/mol. The molecule has 0 aromatic heterocycles. The predicted octanol–water partition coefficient (Wildman–Crippen LogP) is 4.46. The Kier molecular flexibility index (Phi) is 4.90. The SMILES string of the molecule is N/C(=N/O)c1ccc(Sc2ccccc2Br)c(Br)c1. The maximum atomic E-state index is 8.66. The zero-order valence-electron chi connectivity index (χ0n) is 9.68. The standard InChI is InChI=1S/C13H10Br2N2OS/c14-9-3-1-2-4-11(9)19-12-6-5-8(7-10(12)15)13(16)17-18/h1-7,18H,(H2,16,17). The van der Waals surface area contributed by atoms with E-state index < -0.39 is 0 Å². The highest BCUT2D eigenvalue weighted by molar-refractivity contribution is 9.11. The zero-order chi connectivity index (χ0) is 13.8. The summed E-state index contributed by atoms with van der Waals surface area (Å²) >= 11 is 8.65. The number of hydrogen-bond acceptors (Lipinski definition) is 3. The second kappa shape index (κ2) is 6.45. The summed E-state index contributed by atoms with van der Waals surface area (Å²) in [5.74, 6) is 0.0955. The lowest BCUT2D eigenvalue weighted by molar-refractivity contribution is 0.318. The Morgan fingerprint density at radius 1 is 1.05 bits per heavy atom. The average molecular weight is 402 g/mol. The first-order chi connectivity index (χ1) is 9.11. The van der Waals surface area contributed by atoms with Crippen molar-refractivity contribution in [2.75, 3.05) is 0 Å². The van der Waals surface area contributed by atoms with Gasteiger partial charge in [-0.05, 0) is 62.2 Å². The number of nitrogens with zero attached hydrogens (tertiary/aromatic N) is 1. The van der Waals surface area contributed by atoms with Gasteiger partial charge < -0.3 is 10.9 Å². The van der Waals surface area contributed by atoms with Crippen LogP contribution in [0.15, 0.2) is 66.4 Å². The van der Waals surface area contributed by atoms with Crippen LogP contribution in [0.1, 0.15) is 5.56 Å². The van der Waals surface area contributed by atoms with Crippen LogP contribution < -0.4 is 5.73 Å². The molecule has 2 rings (SSSR count). The Labute approximate surface area is 132 Å². The molecule has 0 heterocycles. The molecule has 0 bridgehead atoms. The number of hydrogen-bond donors (Lipinski definition) is 2. The van der Waals surface area contributed by atoms with Crippen LogP contribution in [0.3, 0.4) is 0 Å². The fourth-order valence-corrected chi connectivity index (χ4v) is 3.44. The van der Waals surface area contributed by atoms with Gasteiger partial charge in [-0.1, -0.05) is 29.1 Å². The molecule has 0 saturated heterocycles. The molecule has 0 aliphatic carbocycles. The third-order valence-electron chi connectivity index (χ3n) is 2.39. The second-order valence-corrected chi connectivity index (χ2v) is 6.46. The van der Waals surface area contributed by atoms with E-state index in [-0.39, 0.29) is 5.84 Å². The Bertz CT molecular complexity index is 632. The van der Waals surface area contributed by atoms with E-state index in [1.54, 1.807) is 11.8 Å². The van der Waals surface area contributed by atoms with Gasteiger partial charge in [-0.3, -0.25) is 0 Å². The van der Waals surface area contributed by atoms with Crippen molar-refractivity contribution < 1.29 is 5.21 Å². The van der Waals surface area contributed by atoms with Gasteiger partial charge in [-0.25, -0.2) is 0 Å². The van der Waals surface area contributed by atoms with Crippen molar-refractivity contribution in [2.24, 2.45) is 10.9 Å². The first kappa shape index (κ1) is 14.4. The van der Waals surface area contributed by atoms with E-state index in [2.05, 4.69) is 37.0 Å². The Hall–Kier alpha value is -0.980. The fraction of sp³-hybridized carbons (Fsp3) is 0. The lowest BCUT2D eigenvalue weighted by atomic mass is 10.2. The van der Waals surface area contributed by atoms with E-state index in [1.165, 1.54) is 0 Å². The largest absolute Gasteiger partial charge is 0.409 e. The molecule has 2 aromatic carbocycles. The average Bonchev–Trinajstić information content (AvgIpc) is 2.42. The van der Waals surface area contributed by atoms with Crippen LogP contribution in [0, 0.1) is 0 Å². The number of rotatable bonds is 3. The molecule has 0 aliphatic rings. The van der Waals surface area contributed by atoms with Crippen molar-refractivity contribution in [3.8, 4) is 0 Å². The highest BCUT2D eigenvalue weighted by Gasteiger charge is 2.08. The summed E-state index contributed by atoms with van der Waals surface area (Å²) in [6.07, 6.45) is 0. The molecule has 3 N–H and O–H groups in total. The minimum atomic E-state index is 0.0955. The quantitative estimate of drug-likeness (QED) is 0.345. The van der Waals surface area contributed by atoms with Gasteiger partial charge in [-0.2, -0.15) is 0 Å². The fourth-order valence-electron chi connectivity index (χ4n) is 1.45. The van der Waals surface area contributed by atoms with Crippen LogP contribution in [0.4, 0.5) is 0 Å².